The number of rotatable bonds is 3. The van der Waals surface area contributed by atoms with Crippen LogP contribution in [0.15, 0.2) is 23.2 Å². The summed E-state index contributed by atoms with van der Waals surface area (Å²) >= 11 is 12.6. The van der Waals surface area contributed by atoms with E-state index in [2.05, 4.69) is 13.8 Å². The summed E-state index contributed by atoms with van der Waals surface area (Å²) in [5, 5.41) is 1.38. The van der Waals surface area contributed by atoms with E-state index >= 15 is 0 Å². The zero-order valence-electron chi connectivity index (χ0n) is 13.4. The van der Waals surface area contributed by atoms with Crippen LogP contribution in [0.3, 0.4) is 0 Å². The monoisotopic (exact) mass is 443 g/mol. The molecule has 0 aromatic heterocycles. The Labute approximate surface area is 155 Å². The lowest BCUT2D eigenvalue weighted by Crippen LogP contribution is -2.37. The molecule has 1 aromatic carbocycles. The van der Waals surface area contributed by atoms with Crippen LogP contribution < -0.4 is 0 Å². The smallest absolute Gasteiger partial charge is 0.195 e. The van der Waals surface area contributed by atoms with Gasteiger partial charge in [-0.05, 0) is 17.7 Å². The fourth-order valence-electron chi connectivity index (χ4n) is 2.17. The van der Waals surface area contributed by atoms with Gasteiger partial charge in [-0.25, -0.2) is 0 Å². The largest absolute Gasteiger partial charge is 0.349 e. The predicted molar refractivity (Wildman–Crippen MR) is 105 cm³/mol. The molecule has 0 aliphatic heterocycles. The highest BCUT2D eigenvalue weighted by atomic mass is 127. The molecule has 0 fully saturated rings. The lowest BCUT2D eigenvalue weighted by Gasteiger charge is -2.28. The summed E-state index contributed by atoms with van der Waals surface area (Å²) in [7, 11) is 7.92. The van der Waals surface area contributed by atoms with Crippen LogP contribution in [0.1, 0.15) is 19.4 Å². The molecule has 0 spiro atoms. The van der Waals surface area contributed by atoms with Crippen LogP contribution in [0.5, 0.6) is 0 Å². The molecule has 0 saturated carbocycles. The summed E-state index contributed by atoms with van der Waals surface area (Å²) in [5.74, 6) is 0.918. The van der Waals surface area contributed by atoms with Crippen molar-refractivity contribution in [1.82, 2.24) is 9.80 Å². The highest BCUT2D eigenvalue weighted by molar-refractivity contribution is 14.0. The van der Waals surface area contributed by atoms with Crippen molar-refractivity contribution in [3.63, 3.8) is 0 Å². The molecule has 0 amide bonds. The summed E-state index contributed by atoms with van der Waals surface area (Å²) in [6, 6.07) is 5.60. The van der Waals surface area contributed by atoms with Crippen molar-refractivity contribution in [2.45, 2.75) is 19.3 Å². The number of nitrogens with zero attached hydrogens (tertiary/aromatic N) is 3. The van der Waals surface area contributed by atoms with Gasteiger partial charge >= 0.3 is 0 Å². The lowest BCUT2D eigenvalue weighted by atomic mass is 9.84. The molecule has 0 heterocycles. The van der Waals surface area contributed by atoms with Gasteiger partial charge in [-0.2, -0.15) is 0 Å². The maximum absolute atomic E-state index is 6.30. The Morgan fingerprint density at radius 3 is 1.86 bits per heavy atom. The third-order valence-corrected chi connectivity index (χ3v) is 3.69. The van der Waals surface area contributed by atoms with Gasteiger partial charge < -0.3 is 9.80 Å². The topological polar surface area (TPSA) is 18.8 Å². The van der Waals surface area contributed by atoms with E-state index in [9.17, 15) is 0 Å². The van der Waals surface area contributed by atoms with Crippen LogP contribution in [-0.2, 0) is 5.41 Å². The van der Waals surface area contributed by atoms with E-state index in [1.165, 1.54) is 0 Å². The second-order valence-electron chi connectivity index (χ2n) is 5.89. The molecular weight excluding hydrogens is 420 g/mol. The molecule has 21 heavy (non-hydrogen) atoms. The predicted octanol–water partition coefficient (Wildman–Crippen LogP) is 4.37. The Bertz CT molecular complexity index is 469. The van der Waals surface area contributed by atoms with E-state index < -0.39 is 0 Å². The first-order valence-electron chi connectivity index (χ1n) is 6.50. The molecule has 3 nitrogen and oxygen atoms in total. The molecule has 6 heteroatoms. The van der Waals surface area contributed by atoms with E-state index in [4.69, 9.17) is 28.2 Å². The summed E-state index contributed by atoms with van der Waals surface area (Å²) in [6.07, 6.45) is 0. The van der Waals surface area contributed by atoms with Gasteiger partial charge in [-0.1, -0.05) is 43.1 Å². The summed E-state index contributed by atoms with van der Waals surface area (Å²) in [6.45, 7) is 4.82. The first-order valence-corrected chi connectivity index (χ1v) is 7.26. The van der Waals surface area contributed by atoms with Crippen molar-refractivity contribution in [1.29, 1.82) is 0 Å². The SMILES string of the molecule is CN(C)C(=NCC(C)(C)c1c(Cl)cccc1Cl)N(C)C.I. The van der Waals surface area contributed by atoms with E-state index in [1.807, 2.05) is 56.2 Å². The average Bonchev–Trinajstić information content (AvgIpc) is 2.26. The van der Waals surface area contributed by atoms with Crippen LogP contribution in [0.4, 0.5) is 0 Å². The van der Waals surface area contributed by atoms with Crippen molar-refractivity contribution in [3.05, 3.63) is 33.8 Å². The minimum Gasteiger partial charge on any atom is -0.349 e. The van der Waals surface area contributed by atoms with Gasteiger partial charge in [0.2, 0.25) is 0 Å². The van der Waals surface area contributed by atoms with Gasteiger partial charge in [0.1, 0.15) is 0 Å². The van der Waals surface area contributed by atoms with E-state index in [0.717, 1.165) is 11.5 Å². The Balaban J connectivity index is 0.00000400. The Morgan fingerprint density at radius 1 is 1.05 bits per heavy atom. The fraction of sp³-hybridized carbons (Fsp3) is 0.533. The van der Waals surface area contributed by atoms with E-state index in [-0.39, 0.29) is 29.4 Å². The Kier molecular flexibility index (Phi) is 8.36. The van der Waals surface area contributed by atoms with Crippen molar-refractivity contribution < 1.29 is 0 Å². The lowest BCUT2D eigenvalue weighted by molar-refractivity contribution is 0.465. The minimum absolute atomic E-state index is 0. The molecule has 0 aliphatic carbocycles. The van der Waals surface area contributed by atoms with Gasteiger partial charge in [-0.3, -0.25) is 4.99 Å². The molecule has 1 rings (SSSR count). The van der Waals surface area contributed by atoms with Crippen LogP contribution in [0, 0.1) is 0 Å². The molecule has 120 valence electrons. The Morgan fingerprint density at radius 2 is 1.48 bits per heavy atom. The molecule has 0 saturated heterocycles. The third kappa shape index (κ3) is 5.49. The molecule has 0 N–H and O–H groups in total. The molecule has 0 aliphatic rings. The molecule has 0 atom stereocenters. The molecular formula is C15H24Cl2IN3. The number of benzene rings is 1. The van der Waals surface area contributed by atoms with Gasteiger partial charge in [0.15, 0.2) is 5.96 Å². The number of guanidine groups is 1. The van der Waals surface area contributed by atoms with Crippen molar-refractivity contribution >= 4 is 53.1 Å². The molecule has 0 unspecified atom stereocenters. The zero-order chi connectivity index (χ0) is 15.5. The van der Waals surface area contributed by atoms with Gasteiger partial charge in [0, 0.05) is 43.7 Å². The second-order valence-corrected chi connectivity index (χ2v) is 6.70. The highest BCUT2D eigenvalue weighted by Gasteiger charge is 2.26. The quantitative estimate of drug-likeness (QED) is 0.392. The maximum atomic E-state index is 6.30. The normalized spacial score (nSPS) is 10.7. The summed E-state index contributed by atoms with van der Waals surface area (Å²) < 4.78 is 0. The van der Waals surface area contributed by atoms with Crippen LogP contribution in [-0.4, -0.2) is 50.5 Å². The average molecular weight is 444 g/mol. The van der Waals surface area contributed by atoms with Crippen molar-refractivity contribution in [3.8, 4) is 0 Å². The van der Waals surface area contributed by atoms with E-state index in [0.29, 0.717) is 16.6 Å². The fourth-order valence-corrected chi connectivity index (χ4v) is 3.08. The summed E-state index contributed by atoms with van der Waals surface area (Å²) in [5.41, 5.74) is 0.719. The molecule has 1 aromatic rings. The van der Waals surface area contributed by atoms with Crippen molar-refractivity contribution in [2.75, 3.05) is 34.7 Å². The number of hydrogen-bond donors (Lipinski definition) is 0. The zero-order valence-corrected chi connectivity index (χ0v) is 17.3. The molecule has 0 radical (unpaired) electrons. The highest BCUT2D eigenvalue weighted by Crippen LogP contribution is 2.35. The first-order chi connectivity index (χ1) is 9.16. The maximum Gasteiger partial charge on any atom is 0.195 e. The number of halogens is 3. The third-order valence-electron chi connectivity index (χ3n) is 3.06. The van der Waals surface area contributed by atoms with E-state index in [1.54, 1.807) is 0 Å². The van der Waals surface area contributed by atoms with Gasteiger partial charge in [-0.15, -0.1) is 24.0 Å². The minimum atomic E-state index is -0.229. The number of aliphatic imine (C=N–C) groups is 1. The number of hydrogen-bond acceptors (Lipinski definition) is 1. The van der Waals surface area contributed by atoms with Gasteiger partial charge in [0.25, 0.3) is 0 Å². The second kappa shape index (κ2) is 8.44. The van der Waals surface area contributed by atoms with Crippen LogP contribution >= 0.6 is 47.2 Å². The summed E-state index contributed by atoms with van der Waals surface area (Å²) in [4.78, 5) is 8.68. The van der Waals surface area contributed by atoms with Crippen LogP contribution in [0.25, 0.3) is 0 Å². The first kappa shape index (κ1) is 20.8. The van der Waals surface area contributed by atoms with Crippen LogP contribution in [0.2, 0.25) is 10.0 Å². The Hall–Kier alpha value is -0.200. The van der Waals surface area contributed by atoms with Crippen molar-refractivity contribution in [2.24, 2.45) is 4.99 Å². The standard InChI is InChI=1S/C15H23Cl2N3.HI/c1-15(2,10-18-14(19(3)4)20(5)6)13-11(16)8-7-9-12(13)17;/h7-9H,10H2,1-6H3;1H. The van der Waals surface area contributed by atoms with Gasteiger partial charge in [0.05, 0.1) is 6.54 Å². The molecule has 0 bridgehead atoms.